The van der Waals surface area contributed by atoms with Crippen LogP contribution in [-0.4, -0.2) is 80.8 Å². The lowest BCUT2D eigenvalue weighted by Gasteiger charge is -2.36. The summed E-state index contributed by atoms with van der Waals surface area (Å²) in [5.41, 5.74) is 1.53. The third-order valence-electron chi connectivity index (χ3n) is 8.21. The van der Waals surface area contributed by atoms with E-state index in [1.165, 1.54) is 29.8 Å². The molecule has 250 valence electrons. The third kappa shape index (κ3) is 9.75. The Morgan fingerprint density at radius 2 is 1.78 bits per heavy atom. The van der Waals surface area contributed by atoms with E-state index in [0.29, 0.717) is 25.4 Å². The first-order chi connectivity index (χ1) is 22.0. The summed E-state index contributed by atoms with van der Waals surface area (Å²) in [4.78, 5) is 18.0. The van der Waals surface area contributed by atoms with Crippen molar-refractivity contribution in [3.63, 3.8) is 0 Å². The maximum Gasteiger partial charge on any atom is 0.261 e. The molecule has 0 radical (unpaired) electrons. The fraction of sp³-hybridized carbons (Fsp3) is 0.457. The van der Waals surface area contributed by atoms with E-state index in [0.717, 1.165) is 37.9 Å². The number of rotatable bonds is 9. The van der Waals surface area contributed by atoms with E-state index in [1.54, 1.807) is 17.9 Å². The first kappa shape index (κ1) is 35.3. The van der Waals surface area contributed by atoms with E-state index in [4.69, 9.17) is 9.47 Å². The maximum absolute atomic E-state index is 14.3. The number of nitrogens with one attached hydrogen (secondary N) is 1. The molecule has 46 heavy (non-hydrogen) atoms. The topological polar surface area (TPSA) is 108 Å². The highest BCUT2D eigenvalue weighted by Gasteiger charge is 2.30. The number of likely N-dealkylation sites (N-methyl/N-ethyl adjacent to an activating group) is 1. The number of nitrogens with zero attached hydrogens (tertiary/aromatic N) is 2. The van der Waals surface area contributed by atoms with E-state index in [1.807, 2.05) is 32.0 Å². The second-order valence-corrected chi connectivity index (χ2v) is 13.9. The van der Waals surface area contributed by atoms with Gasteiger partial charge in [0.25, 0.3) is 15.9 Å². The number of aliphatic hydroxyl groups is 1. The van der Waals surface area contributed by atoms with Gasteiger partial charge in [-0.05, 0) is 88.2 Å². The second-order valence-electron chi connectivity index (χ2n) is 12.3. The number of carbonyl (C=O) groups excluding carboxylic acids is 1. The SMILES string of the molecule is C[C@@H]1CN([C@@H](C)CO)C(=O)c2cc(NS(=O)(=O)c3ccc(F)cc3)ccc2O[C@@H](C)CCCCO[C@H]1CN(C)Cc1ccccc1. The van der Waals surface area contributed by atoms with Crippen molar-refractivity contribution in [1.82, 2.24) is 9.80 Å². The Hall–Kier alpha value is -3.51. The number of anilines is 1. The van der Waals surface area contributed by atoms with Crippen LogP contribution < -0.4 is 9.46 Å². The molecule has 3 aromatic carbocycles. The molecule has 0 saturated carbocycles. The molecule has 0 fully saturated rings. The van der Waals surface area contributed by atoms with Gasteiger partial charge in [0.2, 0.25) is 0 Å². The van der Waals surface area contributed by atoms with Gasteiger partial charge in [-0.25, -0.2) is 12.8 Å². The molecule has 4 rings (SSSR count). The van der Waals surface area contributed by atoms with Crippen molar-refractivity contribution >= 4 is 21.6 Å². The number of carbonyl (C=O) groups is 1. The van der Waals surface area contributed by atoms with Crippen LogP contribution in [0.3, 0.4) is 0 Å². The van der Waals surface area contributed by atoms with E-state index in [9.17, 15) is 22.7 Å². The number of aliphatic hydroxyl groups excluding tert-OH is 1. The molecule has 0 unspecified atom stereocenters. The fourth-order valence-electron chi connectivity index (χ4n) is 5.54. The van der Waals surface area contributed by atoms with Crippen LogP contribution in [0.25, 0.3) is 0 Å². The zero-order valence-corrected chi connectivity index (χ0v) is 27.9. The summed E-state index contributed by atoms with van der Waals surface area (Å²) in [6.45, 7) is 7.77. The van der Waals surface area contributed by atoms with Crippen LogP contribution in [0.2, 0.25) is 0 Å². The monoisotopic (exact) mass is 655 g/mol. The van der Waals surface area contributed by atoms with Gasteiger partial charge < -0.3 is 19.5 Å². The van der Waals surface area contributed by atoms with E-state index >= 15 is 0 Å². The van der Waals surface area contributed by atoms with Crippen LogP contribution in [-0.2, 0) is 21.3 Å². The molecule has 1 heterocycles. The van der Waals surface area contributed by atoms with E-state index < -0.39 is 27.8 Å². The van der Waals surface area contributed by atoms with Gasteiger partial charge in [-0.1, -0.05) is 37.3 Å². The molecule has 9 nitrogen and oxygen atoms in total. The molecule has 0 spiro atoms. The molecule has 0 aliphatic carbocycles. The fourth-order valence-corrected chi connectivity index (χ4v) is 6.59. The van der Waals surface area contributed by atoms with Gasteiger partial charge >= 0.3 is 0 Å². The van der Waals surface area contributed by atoms with Crippen molar-refractivity contribution in [3.05, 3.63) is 89.7 Å². The summed E-state index contributed by atoms with van der Waals surface area (Å²) in [6, 6.07) is 18.8. The Morgan fingerprint density at radius 3 is 2.48 bits per heavy atom. The predicted octanol–water partition coefficient (Wildman–Crippen LogP) is 5.55. The number of hydrogen-bond acceptors (Lipinski definition) is 7. The highest BCUT2D eigenvalue weighted by atomic mass is 32.2. The Kier molecular flexibility index (Phi) is 12.6. The number of halogens is 1. The summed E-state index contributed by atoms with van der Waals surface area (Å²) < 4.78 is 54.8. The molecule has 2 N–H and O–H groups in total. The van der Waals surface area contributed by atoms with Crippen molar-refractivity contribution in [1.29, 1.82) is 0 Å². The molecule has 3 aromatic rings. The van der Waals surface area contributed by atoms with Crippen LogP contribution >= 0.6 is 0 Å². The molecule has 1 amide bonds. The summed E-state index contributed by atoms with van der Waals surface area (Å²) >= 11 is 0. The quantitative estimate of drug-likeness (QED) is 0.311. The van der Waals surface area contributed by atoms with Gasteiger partial charge in [-0.3, -0.25) is 14.4 Å². The molecule has 0 bridgehead atoms. The lowest BCUT2D eigenvalue weighted by molar-refractivity contribution is -0.0177. The minimum atomic E-state index is -4.06. The average molecular weight is 656 g/mol. The zero-order valence-electron chi connectivity index (χ0n) is 27.1. The summed E-state index contributed by atoms with van der Waals surface area (Å²) in [6.07, 6.45) is 2.06. The van der Waals surface area contributed by atoms with Gasteiger partial charge in [-0.2, -0.15) is 0 Å². The Labute approximate surface area is 272 Å². The first-order valence-electron chi connectivity index (χ1n) is 15.8. The van der Waals surface area contributed by atoms with Gasteiger partial charge in [0.15, 0.2) is 0 Å². The molecular formula is C35H46FN3O6S. The lowest BCUT2D eigenvalue weighted by Crippen LogP contribution is -2.47. The lowest BCUT2D eigenvalue weighted by atomic mass is 10.0. The van der Waals surface area contributed by atoms with Crippen molar-refractivity contribution in [2.75, 3.05) is 38.1 Å². The standard InChI is InChI=1S/C35H46FN3O6S/c1-25-21-39(26(2)24-40)35(41)32-20-30(37-46(42,43)31-16-13-29(36)14-17-31)15-18-33(32)45-27(3)10-8-9-19-44-34(25)23-38(4)22-28-11-6-5-7-12-28/h5-7,11-18,20,25-27,34,37,40H,8-10,19,21-24H2,1-4H3/t25-,26+,27+,34+/m1/s1. The normalized spacial score (nSPS) is 20.8. The number of hydrogen-bond donors (Lipinski definition) is 2. The number of sulfonamides is 1. The number of amides is 1. The molecule has 0 aromatic heterocycles. The number of benzene rings is 3. The van der Waals surface area contributed by atoms with Gasteiger partial charge in [-0.15, -0.1) is 0 Å². The van der Waals surface area contributed by atoms with Crippen molar-refractivity contribution in [2.24, 2.45) is 5.92 Å². The van der Waals surface area contributed by atoms with Crippen LogP contribution in [0.15, 0.2) is 77.7 Å². The Bertz CT molecular complexity index is 1520. The van der Waals surface area contributed by atoms with Gasteiger partial charge in [0.1, 0.15) is 11.6 Å². The molecule has 1 aliphatic rings. The van der Waals surface area contributed by atoms with Crippen LogP contribution in [0.4, 0.5) is 10.1 Å². The average Bonchev–Trinajstić information content (AvgIpc) is 3.03. The summed E-state index contributed by atoms with van der Waals surface area (Å²) in [5, 5.41) is 10.2. The van der Waals surface area contributed by atoms with Crippen molar-refractivity contribution in [2.45, 2.75) is 69.7 Å². The molecule has 11 heteroatoms. The minimum Gasteiger partial charge on any atom is -0.490 e. The Morgan fingerprint density at radius 1 is 1.07 bits per heavy atom. The van der Waals surface area contributed by atoms with Crippen LogP contribution in [0.5, 0.6) is 5.75 Å². The van der Waals surface area contributed by atoms with E-state index in [-0.39, 0.29) is 40.9 Å². The van der Waals surface area contributed by atoms with Crippen molar-refractivity contribution < 1.29 is 32.2 Å². The van der Waals surface area contributed by atoms with Crippen LogP contribution in [0, 0.1) is 11.7 Å². The highest BCUT2D eigenvalue weighted by molar-refractivity contribution is 7.92. The smallest absolute Gasteiger partial charge is 0.261 e. The zero-order chi connectivity index (χ0) is 33.3. The molecule has 1 aliphatic heterocycles. The largest absolute Gasteiger partial charge is 0.490 e. The number of fused-ring (bicyclic) bond motifs is 1. The molecule has 4 atom stereocenters. The second kappa shape index (κ2) is 16.4. The van der Waals surface area contributed by atoms with Crippen LogP contribution in [0.1, 0.15) is 56.0 Å². The summed E-state index contributed by atoms with van der Waals surface area (Å²) in [7, 11) is -2.01. The minimum absolute atomic E-state index is 0.0948. The number of ether oxygens (including phenoxy) is 2. The molecular weight excluding hydrogens is 609 g/mol. The van der Waals surface area contributed by atoms with Gasteiger partial charge in [0, 0.05) is 37.8 Å². The Balaban J connectivity index is 1.64. The maximum atomic E-state index is 14.3. The third-order valence-corrected chi connectivity index (χ3v) is 9.61. The van der Waals surface area contributed by atoms with E-state index in [2.05, 4.69) is 28.8 Å². The first-order valence-corrected chi connectivity index (χ1v) is 17.3. The molecule has 0 saturated heterocycles. The predicted molar refractivity (Wildman–Crippen MR) is 177 cm³/mol. The van der Waals surface area contributed by atoms with Gasteiger partial charge in [0.05, 0.1) is 35.3 Å². The summed E-state index contributed by atoms with van der Waals surface area (Å²) in [5.74, 6) is -0.711. The van der Waals surface area contributed by atoms with Crippen molar-refractivity contribution in [3.8, 4) is 5.75 Å². The highest BCUT2D eigenvalue weighted by Crippen LogP contribution is 2.29.